The lowest BCUT2D eigenvalue weighted by molar-refractivity contribution is 0.0943. The Labute approximate surface area is 190 Å². The first kappa shape index (κ1) is 22.3. The minimum absolute atomic E-state index is 0.0726. The fourth-order valence-electron chi connectivity index (χ4n) is 4.39. The number of carbonyl (C=O) groups is 1. The van der Waals surface area contributed by atoms with E-state index in [1.54, 1.807) is 12.1 Å². The van der Waals surface area contributed by atoms with E-state index in [2.05, 4.69) is 5.32 Å². The Hall–Kier alpha value is -2.86. The van der Waals surface area contributed by atoms with E-state index < -0.39 is 10.0 Å². The number of amides is 1. The summed E-state index contributed by atoms with van der Waals surface area (Å²) in [5.74, 6) is 0.508. The third-order valence-electron chi connectivity index (χ3n) is 6.24. The molecule has 0 aliphatic heterocycles. The maximum absolute atomic E-state index is 12.5. The van der Waals surface area contributed by atoms with Crippen molar-refractivity contribution in [2.24, 2.45) is 5.92 Å². The number of hydrogen-bond donors (Lipinski definition) is 1. The Kier molecular flexibility index (Phi) is 6.80. The third-order valence-corrected chi connectivity index (χ3v) is 7.38. The van der Waals surface area contributed by atoms with E-state index in [1.807, 2.05) is 54.6 Å². The normalized spacial score (nSPS) is 14.9. The smallest absolute Gasteiger partial charge is 0.251 e. The van der Waals surface area contributed by atoms with Gasteiger partial charge in [-0.25, -0.2) is 8.42 Å². The van der Waals surface area contributed by atoms with Crippen molar-refractivity contribution in [1.82, 2.24) is 5.32 Å². The molecule has 6 heteroatoms. The number of anilines is 1. The molecule has 1 aliphatic rings. The van der Waals surface area contributed by atoms with E-state index in [0.29, 0.717) is 17.2 Å². The summed E-state index contributed by atoms with van der Waals surface area (Å²) in [5, 5.41) is 5.10. The highest BCUT2D eigenvalue weighted by atomic mass is 32.2. The second-order valence-corrected chi connectivity index (χ2v) is 10.6. The molecular weight excluding hydrogens is 420 g/mol. The van der Waals surface area contributed by atoms with Crippen molar-refractivity contribution in [2.75, 3.05) is 17.1 Å². The number of hydrogen-bond acceptors (Lipinski definition) is 3. The van der Waals surface area contributed by atoms with E-state index in [0.717, 1.165) is 22.9 Å². The predicted octanol–water partition coefficient (Wildman–Crippen LogP) is 5.12. The van der Waals surface area contributed by atoms with Crippen LogP contribution in [0.4, 0.5) is 5.69 Å². The Balaban J connectivity index is 1.46. The van der Waals surface area contributed by atoms with E-state index >= 15 is 0 Å². The summed E-state index contributed by atoms with van der Waals surface area (Å²) in [7, 11) is -3.48. The Bertz CT molecular complexity index is 1180. The van der Waals surface area contributed by atoms with Crippen LogP contribution in [0.2, 0.25) is 0 Å². The molecule has 1 N–H and O–H groups in total. The molecule has 1 fully saturated rings. The highest BCUT2D eigenvalue weighted by molar-refractivity contribution is 7.92. The van der Waals surface area contributed by atoms with E-state index in [-0.39, 0.29) is 12.5 Å². The summed E-state index contributed by atoms with van der Waals surface area (Å²) in [6.45, 7) is 0.936. The molecule has 1 amide bonds. The number of nitrogens with one attached hydrogen (secondary N) is 1. The van der Waals surface area contributed by atoms with Gasteiger partial charge in [-0.2, -0.15) is 0 Å². The van der Waals surface area contributed by atoms with Gasteiger partial charge in [0.15, 0.2) is 0 Å². The molecule has 0 radical (unpaired) electrons. The first-order valence-electron chi connectivity index (χ1n) is 11.2. The quantitative estimate of drug-likeness (QED) is 0.544. The van der Waals surface area contributed by atoms with Gasteiger partial charge in [0.2, 0.25) is 10.0 Å². The molecule has 0 atom stereocenters. The van der Waals surface area contributed by atoms with Gasteiger partial charge in [0.1, 0.15) is 0 Å². The van der Waals surface area contributed by atoms with Crippen LogP contribution in [-0.2, 0) is 16.6 Å². The van der Waals surface area contributed by atoms with Crippen LogP contribution < -0.4 is 9.62 Å². The van der Waals surface area contributed by atoms with Crippen LogP contribution in [-0.4, -0.2) is 27.1 Å². The van der Waals surface area contributed by atoms with Crippen molar-refractivity contribution in [3.05, 3.63) is 77.9 Å². The molecule has 0 spiro atoms. The van der Waals surface area contributed by atoms with Crippen molar-refractivity contribution in [1.29, 1.82) is 0 Å². The zero-order chi connectivity index (χ0) is 22.6. The molecular formula is C26H30N2O3S. The summed E-state index contributed by atoms with van der Waals surface area (Å²) in [4.78, 5) is 12.5. The van der Waals surface area contributed by atoms with Gasteiger partial charge in [-0.1, -0.05) is 61.7 Å². The standard InChI is InChI=1S/C26H30N2O3S/c1-32(30,31)28(25-16-15-22-9-5-6-10-24(22)17-25)19-21-11-13-23(14-12-21)26(29)27-18-20-7-3-2-4-8-20/h5-6,9-17,20H,2-4,7-8,18-19H2,1H3,(H,27,29). The molecule has 32 heavy (non-hydrogen) atoms. The fourth-order valence-corrected chi connectivity index (χ4v) is 5.27. The highest BCUT2D eigenvalue weighted by Crippen LogP contribution is 2.26. The number of benzene rings is 3. The van der Waals surface area contributed by atoms with Crippen LogP contribution in [0.15, 0.2) is 66.7 Å². The first-order valence-corrected chi connectivity index (χ1v) is 13.1. The maximum Gasteiger partial charge on any atom is 0.251 e. The first-order chi connectivity index (χ1) is 15.4. The Morgan fingerprint density at radius 1 is 0.938 bits per heavy atom. The maximum atomic E-state index is 12.5. The number of rotatable bonds is 7. The van der Waals surface area contributed by atoms with Crippen molar-refractivity contribution in [2.45, 2.75) is 38.6 Å². The summed E-state index contributed by atoms with van der Waals surface area (Å²) >= 11 is 0. The van der Waals surface area contributed by atoms with Crippen molar-refractivity contribution in [3.8, 4) is 0 Å². The van der Waals surface area contributed by atoms with E-state index in [1.165, 1.54) is 42.7 Å². The lowest BCUT2D eigenvalue weighted by atomic mass is 9.89. The van der Waals surface area contributed by atoms with Crippen LogP contribution in [0.25, 0.3) is 10.8 Å². The molecule has 168 valence electrons. The van der Waals surface area contributed by atoms with Gasteiger partial charge < -0.3 is 5.32 Å². The topological polar surface area (TPSA) is 66.5 Å². The Morgan fingerprint density at radius 2 is 1.62 bits per heavy atom. The van der Waals surface area contributed by atoms with Crippen LogP contribution in [0.1, 0.15) is 48.0 Å². The molecule has 5 nitrogen and oxygen atoms in total. The number of sulfonamides is 1. The lowest BCUT2D eigenvalue weighted by Crippen LogP contribution is -2.30. The predicted molar refractivity (Wildman–Crippen MR) is 130 cm³/mol. The summed E-state index contributed by atoms with van der Waals surface area (Å²) in [5.41, 5.74) is 2.05. The largest absolute Gasteiger partial charge is 0.352 e. The van der Waals surface area contributed by atoms with Crippen molar-refractivity contribution < 1.29 is 13.2 Å². The fraction of sp³-hybridized carbons (Fsp3) is 0.346. The molecule has 1 aliphatic carbocycles. The van der Waals surface area contributed by atoms with Gasteiger partial charge in [0.25, 0.3) is 5.91 Å². The van der Waals surface area contributed by atoms with E-state index in [4.69, 9.17) is 0 Å². The zero-order valence-electron chi connectivity index (χ0n) is 18.5. The molecule has 0 heterocycles. The van der Waals surface area contributed by atoms with Gasteiger partial charge in [0.05, 0.1) is 18.5 Å². The van der Waals surface area contributed by atoms with Crippen LogP contribution >= 0.6 is 0 Å². The van der Waals surface area contributed by atoms with Crippen molar-refractivity contribution >= 4 is 32.4 Å². The van der Waals surface area contributed by atoms with Crippen molar-refractivity contribution in [3.63, 3.8) is 0 Å². The minimum Gasteiger partial charge on any atom is -0.352 e. The molecule has 1 saturated carbocycles. The molecule has 3 aromatic rings. The van der Waals surface area contributed by atoms with Gasteiger partial charge in [0, 0.05) is 12.1 Å². The van der Waals surface area contributed by atoms with Crippen LogP contribution in [0, 0.1) is 5.92 Å². The molecule has 0 bridgehead atoms. The second-order valence-electron chi connectivity index (χ2n) is 8.71. The molecule has 0 saturated heterocycles. The van der Waals surface area contributed by atoms with Gasteiger partial charge in [-0.3, -0.25) is 9.10 Å². The molecule has 0 unspecified atom stereocenters. The average Bonchev–Trinajstić information content (AvgIpc) is 2.81. The average molecular weight is 451 g/mol. The SMILES string of the molecule is CS(=O)(=O)N(Cc1ccc(C(=O)NCC2CCCCC2)cc1)c1ccc2ccccc2c1. The lowest BCUT2D eigenvalue weighted by Gasteiger charge is -2.23. The number of fused-ring (bicyclic) bond motifs is 1. The highest BCUT2D eigenvalue weighted by Gasteiger charge is 2.19. The van der Waals surface area contributed by atoms with Gasteiger partial charge in [-0.05, 0) is 59.4 Å². The van der Waals surface area contributed by atoms with E-state index in [9.17, 15) is 13.2 Å². The summed E-state index contributed by atoms with van der Waals surface area (Å²) < 4.78 is 26.5. The van der Waals surface area contributed by atoms with Crippen LogP contribution in [0.3, 0.4) is 0 Å². The second kappa shape index (κ2) is 9.74. The summed E-state index contributed by atoms with van der Waals surface area (Å²) in [6, 6.07) is 20.7. The Morgan fingerprint density at radius 3 is 2.31 bits per heavy atom. The molecule has 4 rings (SSSR count). The van der Waals surface area contributed by atoms with Gasteiger partial charge in [-0.15, -0.1) is 0 Å². The molecule has 3 aromatic carbocycles. The summed E-state index contributed by atoms with van der Waals surface area (Å²) in [6.07, 6.45) is 7.40. The zero-order valence-corrected chi connectivity index (χ0v) is 19.3. The number of carbonyl (C=O) groups excluding carboxylic acids is 1. The van der Waals surface area contributed by atoms with Gasteiger partial charge >= 0.3 is 0 Å². The third kappa shape index (κ3) is 5.49. The molecule has 0 aromatic heterocycles. The van der Waals surface area contributed by atoms with Crippen LogP contribution in [0.5, 0.6) is 0 Å². The number of nitrogens with zero attached hydrogens (tertiary/aromatic N) is 1. The minimum atomic E-state index is -3.48. The monoisotopic (exact) mass is 450 g/mol.